The Morgan fingerprint density at radius 3 is 2.74 bits per heavy atom. The first-order chi connectivity index (χ1) is 13.2. The van der Waals surface area contributed by atoms with Crippen LogP contribution in [0.15, 0.2) is 67.0 Å². The van der Waals surface area contributed by atoms with Crippen LogP contribution in [0.1, 0.15) is 18.0 Å². The Labute approximate surface area is 157 Å². The van der Waals surface area contributed by atoms with Gasteiger partial charge in [-0.05, 0) is 42.0 Å². The van der Waals surface area contributed by atoms with E-state index < -0.39 is 0 Å². The van der Waals surface area contributed by atoms with E-state index in [4.69, 9.17) is 14.2 Å². The Morgan fingerprint density at radius 2 is 1.93 bits per heavy atom. The highest BCUT2D eigenvalue weighted by molar-refractivity contribution is 5.91. The topological polar surface area (TPSA) is 61.7 Å². The molecule has 0 saturated carbocycles. The van der Waals surface area contributed by atoms with Crippen molar-refractivity contribution in [3.8, 4) is 17.2 Å². The van der Waals surface area contributed by atoms with Crippen LogP contribution >= 0.6 is 0 Å². The number of nitrogens with one attached hydrogen (secondary N) is 1. The second-order valence-corrected chi connectivity index (χ2v) is 6.24. The largest absolute Gasteiger partial charge is 0.497 e. The van der Waals surface area contributed by atoms with Crippen LogP contribution in [0.3, 0.4) is 0 Å². The zero-order valence-electron chi connectivity index (χ0n) is 14.9. The van der Waals surface area contributed by atoms with Gasteiger partial charge >= 0.3 is 0 Å². The van der Waals surface area contributed by atoms with E-state index in [2.05, 4.69) is 5.32 Å². The van der Waals surface area contributed by atoms with Crippen LogP contribution in [-0.2, 0) is 4.79 Å². The zero-order valence-corrected chi connectivity index (χ0v) is 14.9. The highest BCUT2D eigenvalue weighted by Crippen LogP contribution is 2.34. The molecule has 0 spiro atoms. The third-order valence-electron chi connectivity index (χ3n) is 4.50. The fourth-order valence-corrected chi connectivity index (χ4v) is 3.16. The smallest absolute Gasteiger partial charge is 0.231 e. The molecule has 3 aromatic rings. The number of methoxy groups -OCH3 is 1. The average molecular weight is 364 g/mol. The van der Waals surface area contributed by atoms with Gasteiger partial charge in [0.05, 0.1) is 19.6 Å². The molecule has 0 saturated heterocycles. The van der Waals surface area contributed by atoms with Crippen molar-refractivity contribution in [1.82, 2.24) is 4.57 Å². The highest BCUT2D eigenvalue weighted by Gasteiger charge is 2.19. The monoisotopic (exact) mass is 364 g/mol. The fourth-order valence-electron chi connectivity index (χ4n) is 3.16. The maximum atomic E-state index is 12.7. The molecule has 4 rings (SSSR count). The Morgan fingerprint density at radius 1 is 1.11 bits per heavy atom. The van der Waals surface area contributed by atoms with Crippen molar-refractivity contribution in [2.75, 3.05) is 19.2 Å². The molecule has 0 fully saturated rings. The lowest BCUT2D eigenvalue weighted by Gasteiger charge is -2.20. The van der Waals surface area contributed by atoms with Crippen LogP contribution in [0.2, 0.25) is 0 Å². The standard InChI is InChI=1S/C21H20N2O4/c1-25-17-6-4-5-15(11-17)18(23-9-2-3-10-23)13-21(24)22-16-7-8-19-20(12-16)27-14-26-19/h2-12,18H,13-14H2,1H3,(H,22,24). The van der Waals surface area contributed by atoms with E-state index in [0.29, 0.717) is 17.2 Å². The number of hydrogen-bond donors (Lipinski definition) is 1. The van der Waals surface area contributed by atoms with Gasteiger partial charge in [0.2, 0.25) is 12.7 Å². The average Bonchev–Trinajstić information content (AvgIpc) is 3.37. The molecule has 1 atom stereocenters. The molecule has 2 aromatic carbocycles. The second kappa shape index (κ2) is 7.45. The van der Waals surface area contributed by atoms with Crippen LogP contribution in [0, 0.1) is 0 Å². The molecule has 1 unspecified atom stereocenters. The third-order valence-corrected chi connectivity index (χ3v) is 4.50. The number of hydrogen-bond acceptors (Lipinski definition) is 4. The molecule has 6 nitrogen and oxygen atoms in total. The number of carbonyl (C=O) groups excluding carboxylic acids is 1. The van der Waals surface area contributed by atoms with Crippen LogP contribution in [0.25, 0.3) is 0 Å². The van der Waals surface area contributed by atoms with Crippen molar-refractivity contribution >= 4 is 11.6 Å². The van der Waals surface area contributed by atoms with E-state index >= 15 is 0 Å². The maximum absolute atomic E-state index is 12.7. The Bertz CT molecular complexity index is 937. The summed E-state index contributed by atoms with van der Waals surface area (Å²) in [4.78, 5) is 12.7. The number of benzene rings is 2. The summed E-state index contributed by atoms with van der Waals surface area (Å²) < 4.78 is 18.0. The van der Waals surface area contributed by atoms with Crippen molar-refractivity contribution in [1.29, 1.82) is 0 Å². The van der Waals surface area contributed by atoms with Crippen molar-refractivity contribution in [2.24, 2.45) is 0 Å². The van der Waals surface area contributed by atoms with Gasteiger partial charge in [0.25, 0.3) is 0 Å². The summed E-state index contributed by atoms with van der Waals surface area (Å²) in [6.45, 7) is 0.207. The van der Waals surface area contributed by atoms with E-state index in [1.54, 1.807) is 19.2 Å². The minimum atomic E-state index is -0.135. The predicted octanol–water partition coefficient (Wildman–Crippen LogP) is 3.84. The molecule has 2 heterocycles. The van der Waals surface area contributed by atoms with Gasteiger partial charge in [0.1, 0.15) is 5.75 Å². The number of aromatic nitrogens is 1. The molecule has 1 aliphatic heterocycles. The SMILES string of the molecule is COc1cccc(C(CC(=O)Nc2ccc3c(c2)OCO3)n2cccc2)c1. The number of carbonyl (C=O) groups is 1. The molecule has 0 radical (unpaired) electrons. The van der Waals surface area contributed by atoms with Crippen molar-refractivity contribution in [2.45, 2.75) is 12.5 Å². The number of nitrogens with zero attached hydrogens (tertiary/aromatic N) is 1. The summed E-state index contributed by atoms with van der Waals surface area (Å²) in [7, 11) is 1.64. The highest BCUT2D eigenvalue weighted by atomic mass is 16.7. The molecule has 1 aliphatic rings. The first kappa shape index (κ1) is 17.0. The van der Waals surface area contributed by atoms with E-state index in [9.17, 15) is 4.79 Å². The van der Waals surface area contributed by atoms with Gasteiger partial charge in [0.15, 0.2) is 11.5 Å². The lowest BCUT2D eigenvalue weighted by Crippen LogP contribution is -2.19. The van der Waals surface area contributed by atoms with Crippen molar-refractivity contribution < 1.29 is 19.0 Å². The maximum Gasteiger partial charge on any atom is 0.231 e. The van der Waals surface area contributed by atoms with Gasteiger partial charge in [0, 0.05) is 24.1 Å². The van der Waals surface area contributed by atoms with E-state index in [-0.39, 0.29) is 25.2 Å². The first-order valence-corrected chi connectivity index (χ1v) is 8.69. The molecular weight excluding hydrogens is 344 g/mol. The number of ether oxygens (including phenoxy) is 3. The lowest BCUT2D eigenvalue weighted by molar-refractivity contribution is -0.116. The summed E-state index contributed by atoms with van der Waals surface area (Å²) in [5.74, 6) is 2.01. The molecule has 1 aromatic heterocycles. The van der Waals surface area contributed by atoms with E-state index in [0.717, 1.165) is 11.3 Å². The normalized spacial score (nSPS) is 13.2. The number of fused-ring (bicyclic) bond motifs is 1. The van der Waals surface area contributed by atoms with Gasteiger partial charge in [-0.25, -0.2) is 0 Å². The van der Waals surface area contributed by atoms with Crippen molar-refractivity contribution in [3.05, 3.63) is 72.6 Å². The lowest BCUT2D eigenvalue weighted by atomic mass is 10.0. The first-order valence-electron chi connectivity index (χ1n) is 8.69. The van der Waals surface area contributed by atoms with Gasteiger partial charge in [-0.1, -0.05) is 12.1 Å². The Kier molecular flexibility index (Phi) is 4.70. The fraction of sp³-hybridized carbons (Fsp3) is 0.190. The molecule has 0 aliphatic carbocycles. The second-order valence-electron chi connectivity index (χ2n) is 6.24. The van der Waals surface area contributed by atoms with Gasteiger partial charge < -0.3 is 24.1 Å². The summed E-state index contributed by atoms with van der Waals surface area (Å²) in [6, 6.07) is 16.9. The van der Waals surface area contributed by atoms with Crippen LogP contribution in [0.5, 0.6) is 17.2 Å². The number of rotatable bonds is 6. The van der Waals surface area contributed by atoms with Gasteiger partial charge in [-0.3, -0.25) is 4.79 Å². The molecule has 27 heavy (non-hydrogen) atoms. The van der Waals surface area contributed by atoms with Crippen LogP contribution < -0.4 is 19.5 Å². The summed E-state index contributed by atoms with van der Waals surface area (Å²) in [5, 5.41) is 2.94. The van der Waals surface area contributed by atoms with E-state index in [1.165, 1.54) is 0 Å². The van der Waals surface area contributed by atoms with Gasteiger partial charge in [-0.15, -0.1) is 0 Å². The molecule has 1 N–H and O–H groups in total. The summed E-state index contributed by atoms with van der Waals surface area (Å²) in [5.41, 5.74) is 1.69. The quantitative estimate of drug-likeness (QED) is 0.722. The molecule has 6 heteroatoms. The molecule has 1 amide bonds. The number of anilines is 1. The predicted molar refractivity (Wildman–Crippen MR) is 101 cm³/mol. The molecule has 0 bridgehead atoms. The number of amides is 1. The summed E-state index contributed by atoms with van der Waals surface area (Å²) >= 11 is 0. The van der Waals surface area contributed by atoms with Crippen molar-refractivity contribution in [3.63, 3.8) is 0 Å². The summed E-state index contributed by atoms with van der Waals surface area (Å²) in [6.07, 6.45) is 4.20. The minimum Gasteiger partial charge on any atom is -0.497 e. The van der Waals surface area contributed by atoms with Crippen LogP contribution in [-0.4, -0.2) is 24.4 Å². The van der Waals surface area contributed by atoms with E-state index in [1.807, 2.05) is 59.4 Å². The Balaban J connectivity index is 1.53. The minimum absolute atomic E-state index is 0.0876. The Hall–Kier alpha value is -3.41. The molecular formula is C21H20N2O4. The van der Waals surface area contributed by atoms with Crippen LogP contribution in [0.4, 0.5) is 5.69 Å². The zero-order chi connectivity index (χ0) is 18.6. The third kappa shape index (κ3) is 3.74. The molecule has 138 valence electrons. The van der Waals surface area contributed by atoms with Gasteiger partial charge in [-0.2, -0.15) is 0 Å².